The van der Waals surface area contributed by atoms with E-state index in [0.717, 1.165) is 38.5 Å². The van der Waals surface area contributed by atoms with Gasteiger partial charge >= 0.3 is 0 Å². The Kier molecular flexibility index (Phi) is 8.37. The van der Waals surface area contributed by atoms with Crippen LogP contribution in [0.3, 0.4) is 0 Å². The van der Waals surface area contributed by atoms with E-state index in [-0.39, 0.29) is 22.9 Å². The summed E-state index contributed by atoms with van der Waals surface area (Å²) < 4.78 is 0. The molecule has 240 valence electrons. The molecule has 11 nitrogen and oxygen atoms in total. The van der Waals surface area contributed by atoms with Crippen LogP contribution in [-0.2, 0) is 14.4 Å². The molecule has 5 rings (SSSR count). The van der Waals surface area contributed by atoms with Gasteiger partial charge in [0.15, 0.2) is 11.4 Å². The summed E-state index contributed by atoms with van der Waals surface area (Å²) in [4.78, 5) is 43.4. The van der Waals surface area contributed by atoms with Crippen LogP contribution in [0.15, 0.2) is 29.0 Å². The molecule has 6 unspecified atom stereocenters. The minimum Gasteiger partial charge on any atom is -0.508 e. The molecule has 7 N–H and O–H groups in total. The zero-order valence-corrected chi connectivity index (χ0v) is 26.1. The third-order valence-corrected chi connectivity index (χ3v) is 10.6. The van der Waals surface area contributed by atoms with Crippen LogP contribution in [0.25, 0.3) is 5.76 Å². The average Bonchev–Trinajstić information content (AvgIpc) is 2.96. The van der Waals surface area contributed by atoms with E-state index in [1.54, 1.807) is 13.0 Å². The molecule has 0 heterocycles. The highest BCUT2D eigenvalue weighted by Crippen LogP contribution is 2.57. The first kappa shape index (κ1) is 32.0. The van der Waals surface area contributed by atoms with E-state index in [9.17, 15) is 39.9 Å². The highest BCUT2D eigenvalue weighted by Gasteiger charge is 2.68. The number of nitrogens with two attached hydrogens (primary N) is 1. The van der Waals surface area contributed by atoms with Crippen molar-refractivity contribution in [2.45, 2.75) is 89.0 Å². The number of fused-ring (bicyclic) bond motifs is 3. The quantitative estimate of drug-likeness (QED) is 0.251. The molecule has 4 aliphatic rings. The van der Waals surface area contributed by atoms with E-state index in [4.69, 9.17) is 5.73 Å². The number of likely N-dealkylation sites (N-methyl/N-ethyl adjacent to an activating group) is 1. The van der Waals surface area contributed by atoms with Gasteiger partial charge in [0.25, 0.3) is 5.91 Å². The van der Waals surface area contributed by atoms with Gasteiger partial charge in [-0.15, -0.1) is 0 Å². The molecule has 0 radical (unpaired) electrons. The Morgan fingerprint density at radius 2 is 1.70 bits per heavy atom. The Hall–Kier alpha value is -3.41. The van der Waals surface area contributed by atoms with Crippen molar-refractivity contribution in [2.75, 3.05) is 25.5 Å². The summed E-state index contributed by atoms with van der Waals surface area (Å²) in [7, 11) is 2.97. The molecular formula is C33H45N3O8. The first-order valence-corrected chi connectivity index (χ1v) is 15.6. The Bertz CT molecular complexity index is 1440. The Morgan fingerprint density at radius 1 is 1.07 bits per heavy atom. The number of nitrogens with zero attached hydrogens (tertiary/aromatic N) is 2. The molecule has 44 heavy (non-hydrogen) atoms. The summed E-state index contributed by atoms with van der Waals surface area (Å²) in [6, 6.07) is 2.44. The topological polar surface area (TPSA) is 185 Å². The van der Waals surface area contributed by atoms with Crippen molar-refractivity contribution < 1.29 is 39.9 Å². The van der Waals surface area contributed by atoms with E-state index in [2.05, 4.69) is 18.7 Å². The number of unbranched alkanes of at least 4 members (excludes halogenated alkanes) is 1. The third kappa shape index (κ3) is 4.54. The lowest BCUT2D eigenvalue weighted by Crippen LogP contribution is -2.70. The largest absolute Gasteiger partial charge is 0.508 e. The maximum Gasteiger partial charge on any atom is 0.255 e. The second kappa shape index (κ2) is 11.5. The molecule has 1 aromatic rings. The number of carbonyl (C=O) groups excluding carboxylic acids is 3. The number of hydrogen-bond acceptors (Lipinski definition) is 10. The number of aromatic hydroxyl groups is 1. The average molecular weight is 612 g/mol. The number of aliphatic hydroxyl groups excluding tert-OH is 3. The van der Waals surface area contributed by atoms with Crippen molar-refractivity contribution in [1.29, 1.82) is 0 Å². The van der Waals surface area contributed by atoms with Gasteiger partial charge in [0.05, 0.1) is 29.3 Å². The number of ketones is 2. The Morgan fingerprint density at radius 3 is 2.27 bits per heavy atom. The highest BCUT2D eigenvalue weighted by molar-refractivity contribution is 6.24. The fourth-order valence-electron chi connectivity index (χ4n) is 8.22. The molecule has 2 fully saturated rings. The van der Waals surface area contributed by atoms with Crippen molar-refractivity contribution in [3.8, 4) is 5.75 Å². The van der Waals surface area contributed by atoms with Crippen molar-refractivity contribution >= 4 is 28.9 Å². The van der Waals surface area contributed by atoms with Gasteiger partial charge in [0.2, 0.25) is 5.78 Å². The van der Waals surface area contributed by atoms with Gasteiger partial charge in [0.1, 0.15) is 22.8 Å². The van der Waals surface area contributed by atoms with Gasteiger partial charge in [-0.3, -0.25) is 19.3 Å². The summed E-state index contributed by atoms with van der Waals surface area (Å²) in [6.07, 6.45) is 4.30. The van der Waals surface area contributed by atoms with Gasteiger partial charge in [-0.05, 0) is 69.7 Å². The Labute approximate surface area is 257 Å². The zero-order valence-electron chi connectivity index (χ0n) is 26.1. The van der Waals surface area contributed by atoms with Crippen LogP contribution < -0.4 is 10.6 Å². The van der Waals surface area contributed by atoms with Crippen LogP contribution in [0.1, 0.15) is 76.3 Å². The second-order valence-corrected chi connectivity index (χ2v) is 13.4. The van der Waals surface area contributed by atoms with E-state index in [0.29, 0.717) is 23.7 Å². The number of amides is 1. The summed E-state index contributed by atoms with van der Waals surface area (Å²) in [5.41, 5.74) is 2.24. The highest BCUT2D eigenvalue weighted by atomic mass is 16.4. The first-order chi connectivity index (χ1) is 20.7. The molecule has 11 heteroatoms. The van der Waals surface area contributed by atoms with Gasteiger partial charge in [-0.25, -0.2) is 0 Å². The zero-order chi connectivity index (χ0) is 32.4. The first-order valence-electron chi connectivity index (χ1n) is 15.6. The summed E-state index contributed by atoms with van der Waals surface area (Å²) in [5.74, 6) is -8.13. The third-order valence-electron chi connectivity index (χ3n) is 10.6. The maximum atomic E-state index is 14.3. The molecular weight excluding hydrogens is 566 g/mol. The predicted octanol–water partition coefficient (Wildman–Crippen LogP) is 2.68. The normalized spacial score (nSPS) is 33.7. The molecule has 1 amide bonds. The second-order valence-electron chi connectivity index (χ2n) is 13.4. The number of phenolic OH excluding ortho intramolecular Hbond substituents is 1. The number of Topliss-reactive ketones (excluding diaryl/α,β-unsaturated/α-hetero) is 2. The van der Waals surface area contributed by atoms with Crippen LogP contribution >= 0.6 is 0 Å². The number of aliphatic hydroxyl groups is 4. The molecule has 0 aliphatic heterocycles. The number of hydrogen-bond donors (Lipinski definition) is 6. The minimum atomic E-state index is -2.93. The van der Waals surface area contributed by atoms with E-state index in [1.165, 1.54) is 19.0 Å². The standard InChI is InChI=1S/C33H45N3O8/c1-6-7-14-36(17-10-8-15(2)9-11-17)19-13-12-18-16(3)20-22(27(38)21(18)26(19)37)30(41)33(44)24(28(20)39)25(35(4)5)29(40)23(31(33)42)32(34)43/h12-13,15-17,20,24-25,28,37-39,42,44H,6-11,14H2,1-5H3,(H2,34,43). The van der Waals surface area contributed by atoms with Gasteiger partial charge in [0, 0.05) is 24.1 Å². The molecule has 1 aromatic carbocycles. The number of anilines is 1. The molecule has 6 atom stereocenters. The summed E-state index contributed by atoms with van der Waals surface area (Å²) in [5, 5.41) is 58.4. The fourth-order valence-corrected chi connectivity index (χ4v) is 8.22. The smallest absolute Gasteiger partial charge is 0.255 e. The number of benzene rings is 1. The molecule has 4 aliphatic carbocycles. The summed E-state index contributed by atoms with van der Waals surface area (Å²) >= 11 is 0. The molecule has 0 aromatic heterocycles. The van der Waals surface area contributed by atoms with Crippen LogP contribution in [-0.4, -0.2) is 92.3 Å². The number of primary amides is 1. The molecule has 0 saturated heterocycles. The van der Waals surface area contributed by atoms with Crippen molar-refractivity contribution in [1.82, 2.24) is 4.90 Å². The van der Waals surface area contributed by atoms with E-state index >= 15 is 0 Å². The lowest BCUT2D eigenvalue weighted by atomic mass is 9.54. The Balaban J connectivity index is 1.69. The van der Waals surface area contributed by atoms with Crippen LogP contribution in [0, 0.1) is 17.8 Å². The SMILES string of the molecule is CCCCN(c1ccc2c(c1O)C(O)=C1C(=O)C3(O)C(O)=C(C(N)=O)C(=O)C(N(C)C)C3C(O)C1C2C)C1CCC(C)CC1. The van der Waals surface area contributed by atoms with Gasteiger partial charge < -0.3 is 36.2 Å². The number of carbonyl (C=O) groups is 3. The van der Waals surface area contributed by atoms with Gasteiger partial charge in [-0.2, -0.15) is 0 Å². The lowest BCUT2D eigenvalue weighted by Gasteiger charge is -2.53. The van der Waals surface area contributed by atoms with Crippen LogP contribution in [0.4, 0.5) is 5.69 Å². The van der Waals surface area contributed by atoms with E-state index in [1.807, 2.05) is 6.07 Å². The maximum absolute atomic E-state index is 14.3. The monoisotopic (exact) mass is 611 g/mol. The molecule has 0 spiro atoms. The summed E-state index contributed by atoms with van der Waals surface area (Å²) in [6.45, 7) is 6.77. The molecule has 2 saturated carbocycles. The van der Waals surface area contributed by atoms with Crippen molar-refractivity contribution in [3.63, 3.8) is 0 Å². The van der Waals surface area contributed by atoms with Gasteiger partial charge in [-0.1, -0.05) is 33.3 Å². The molecule has 0 bridgehead atoms. The minimum absolute atomic E-state index is 0.0316. The van der Waals surface area contributed by atoms with Crippen LogP contribution in [0.5, 0.6) is 5.75 Å². The van der Waals surface area contributed by atoms with Crippen LogP contribution in [0.2, 0.25) is 0 Å². The number of rotatable bonds is 7. The lowest BCUT2D eigenvalue weighted by molar-refractivity contribution is -0.169. The number of phenols is 1. The van der Waals surface area contributed by atoms with Crippen molar-refractivity contribution in [3.05, 3.63) is 40.2 Å². The predicted molar refractivity (Wildman–Crippen MR) is 164 cm³/mol. The van der Waals surface area contributed by atoms with Crippen molar-refractivity contribution in [2.24, 2.45) is 23.5 Å². The van der Waals surface area contributed by atoms with E-state index < -0.39 is 70.1 Å². The fraction of sp³-hybridized carbons (Fsp3) is 0.606.